The van der Waals surface area contributed by atoms with Crippen molar-refractivity contribution >= 4 is 28.7 Å². The molecule has 4 nitrogen and oxygen atoms in total. The second-order valence-electron chi connectivity index (χ2n) is 5.03. The van der Waals surface area contributed by atoms with E-state index in [-0.39, 0.29) is 11.3 Å². The zero-order chi connectivity index (χ0) is 16.2. The Balaban J connectivity index is 1.90. The second-order valence-corrected chi connectivity index (χ2v) is 5.96. The normalized spacial score (nSPS) is 10.8. The van der Waals surface area contributed by atoms with Crippen LogP contribution >= 0.6 is 11.9 Å². The van der Waals surface area contributed by atoms with Crippen molar-refractivity contribution in [1.82, 2.24) is 4.72 Å². The molecule has 0 spiro atoms. The van der Waals surface area contributed by atoms with Crippen LogP contribution in [0.4, 0.5) is 0 Å². The van der Waals surface area contributed by atoms with Crippen molar-refractivity contribution in [3.8, 4) is 5.75 Å². The molecule has 0 bridgehead atoms. The first kappa shape index (κ1) is 15.4. The van der Waals surface area contributed by atoms with Crippen LogP contribution in [0.3, 0.4) is 0 Å². The Labute approximate surface area is 137 Å². The number of aromatic carboxylic acids is 1. The van der Waals surface area contributed by atoms with Gasteiger partial charge in [0.15, 0.2) is 0 Å². The van der Waals surface area contributed by atoms with E-state index in [0.29, 0.717) is 11.9 Å². The number of fused-ring (bicyclic) bond motifs is 1. The fourth-order valence-corrected chi connectivity index (χ4v) is 3.23. The van der Waals surface area contributed by atoms with Gasteiger partial charge < -0.3 is 10.2 Å². The van der Waals surface area contributed by atoms with Crippen LogP contribution in [0.15, 0.2) is 65.6 Å². The lowest BCUT2D eigenvalue weighted by molar-refractivity contribution is 0.0694. The van der Waals surface area contributed by atoms with E-state index in [1.165, 1.54) is 18.0 Å². The van der Waals surface area contributed by atoms with Crippen LogP contribution in [-0.2, 0) is 6.54 Å². The first-order valence-electron chi connectivity index (χ1n) is 7.08. The van der Waals surface area contributed by atoms with Crippen LogP contribution in [0.5, 0.6) is 5.75 Å². The van der Waals surface area contributed by atoms with Crippen molar-refractivity contribution in [3.05, 3.63) is 71.8 Å². The van der Waals surface area contributed by atoms with Gasteiger partial charge in [-0.1, -0.05) is 54.6 Å². The number of carboxylic acid groups (broad SMARTS) is 1. The lowest BCUT2D eigenvalue weighted by Crippen LogP contribution is -2.04. The lowest BCUT2D eigenvalue weighted by Gasteiger charge is -2.11. The Kier molecular flexibility index (Phi) is 4.50. The third kappa shape index (κ3) is 3.31. The Morgan fingerprint density at radius 3 is 2.35 bits per heavy atom. The molecule has 3 aromatic rings. The number of carbonyl (C=O) groups is 1. The molecule has 0 aliphatic rings. The van der Waals surface area contributed by atoms with Crippen LogP contribution in [0.1, 0.15) is 15.9 Å². The summed E-state index contributed by atoms with van der Waals surface area (Å²) in [6, 6.07) is 18.7. The maximum absolute atomic E-state index is 11.3. The first-order chi connectivity index (χ1) is 11.2. The van der Waals surface area contributed by atoms with Gasteiger partial charge in [0, 0.05) is 22.2 Å². The molecular weight excluding hydrogens is 310 g/mol. The third-order valence-electron chi connectivity index (χ3n) is 3.51. The second kappa shape index (κ2) is 6.73. The molecule has 0 atom stereocenters. The summed E-state index contributed by atoms with van der Waals surface area (Å²) >= 11 is 1.36. The monoisotopic (exact) mass is 325 g/mol. The van der Waals surface area contributed by atoms with E-state index in [9.17, 15) is 15.0 Å². The summed E-state index contributed by atoms with van der Waals surface area (Å²) in [7, 11) is 0. The maximum atomic E-state index is 11.3. The number of nitrogens with one attached hydrogen (secondary N) is 1. The highest BCUT2D eigenvalue weighted by atomic mass is 32.2. The van der Waals surface area contributed by atoms with Crippen LogP contribution in [0, 0.1) is 0 Å². The van der Waals surface area contributed by atoms with Gasteiger partial charge in [0.2, 0.25) is 0 Å². The molecule has 0 aliphatic carbocycles. The van der Waals surface area contributed by atoms with Crippen LogP contribution in [0.25, 0.3) is 10.8 Å². The molecule has 0 fully saturated rings. The molecule has 0 heterocycles. The SMILES string of the molecule is O=C(O)c1cc(SNCc2ccccc2)c2ccccc2c1O. The van der Waals surface area contributed by atoms with Crippen molar-refractivity contribution < 1.29 is 15.0 Å². The van der Waals surface area contributed by atoms with Crippen molar-refractivity contribution in [2.24, 2.45) is 0 Å². The van der Waals surface area contributed by atoms with Gasteiger partial charge >= 0.3 is 5.97 Å². The van der Waals surface area contributed by atoms with Crippen molar-refractivity contribution in [1.29, 1.82) is 0 Å². The first-order valence-corrected chi connectivity index (χ1v) is 7.90. The standard InChI is InChI=1S/C18H15NO3S/c20-17-14-9-5-4-8-13(14)16(10-15(17)18(21)22)23-19-11-12-6-2-1-3-7-12/h1-10,19-20H,11H2,(H,21,22). The van der Waals surface area contributed by atoms with E-state index >= 15 is 0 Å². The highest BCUT2D eigenvalue weighted by molar-refractivity contribution is 7.97. The van der Waals surface area contributed by atoms with Gasteiger partial charge in [-0.3, -0.25) is 4.72 Å². The van der Waals surface area contributed by atoms with Crippen LogP contribution < -0.4 is 4.72 Å². The van der Waals surface area contributed by atoms with E-state index in [2.05, 4.69) is 4.72 Å². The summed E-state index contributed by atoms with van der Waals surface area (Å²) in [4.78, 5) is 12.1. The van der Waals surface area contributed by atoms with Gasteiger partial charge in [-0.15, -0.1) is 0 Å². The highest BCUT2D eigenvalue weighted by Crippen LogP contribution is 2.35. The molecule has 5 heteroatoms. The summed E-state index contributed by atoms with van der Waals surface area (Å²) in [5.41, 5.74) is 1.05. The van der Waals surface area contributed by atoms with Gasteiger partial charge in [0.1, 0.15) is 11.3 Å². The van der Waals surface area contributed by atoms with E-state index in [1.807, 2.05) is 42.5 Å². The Bertz CT molecular complexity index is 850. The van der Waals surface area contributed by atoms with Crippen molar-refractivity contribution in [2.75, 3.05) is 0 Å². The zero-order valence-electron chi connectivity index (χ0n) is 12.2. The summed E-state index contributed by atoms with van der Waals surface area (Å²) in [5.74, 6) is -1.33. The Hall–Kier alpha value is -2.50. The fourth-order valence-electron chi connectivity index (χ4n) is 2.37. The number of hydrogen-bond acceptors (Lipinski definition) is 4. The molecule has 3 aromatic carbocycles. The molecule has 3 N–H and O–H groups in total. The maximum Gasteiger partial charge on any atom is 0.339 e. The molecule has 0 aromatic heterocycles. The number of benzene rings is 3. The third-order valence-corrected chi connectivity index (χ3v) is 4.36. The number of aromatic hydroxyl groups is 1. The van der Waals surface area contributed by atoms with Gasteiger partial charge in [0.05, 0.1) is 0 Å². The average Bonchev–Trinajstić information content (AvgIpc) is 2.58. The van der Waals surface area contributed by atoms with E-state index in [4.69, 9.17) is 0 Å². The van der Waals surface area contributed by atoms with Gasteiger partial charge in [-0.25, -0.2) is 4.79 Å². The van der Waals surface area contributed by atoms with E-state index in [0.717, 1.165) is 15.8 Å². The van der Waals surface area contributed by atoms with Crippen molar-refractivity contribution in [2.45, 2.75) is 11.4 Å². The summed E-state index contributed by atoms with van der Waals surface area (Å²) in [6.07, 6.45) is 0. The van der Waals surface area contributed by atoms with E-state index in [1.54, 1.807) is 12.1 Å². The molecule has 0 unspecified atom stereocenters. The summed E-state index contributed by atoms with van der Waals surface area (Å²) in [5, 5.41) is 20.8. The molecule has 3 rings (SSSR count). The number of hydrogen-bond donors (Lipinski definition) is 3. The van der Waals surface area contributed by atoms with E-state index < -0.39 is 5.97 Å². The molecule has 0 aliphatic heterocycles. The summed E-state index contributed by atoms with van der Waals surface area (Å²) in [6.45, 7) is 0.656. The largest absolute Gasteiger partial charge is 0.506 e. The van der Waals surface area contributed by atoms with Crippen LogP contribution in [-0.4, -0.2) is 16.2 Å². The molecule has 0 amide bonds. The number of rotatable bonds is 5. The minimum atomic E-state index is -1.14. The molecular formula is C18H15NO3S. The highest BCUT2D eigenvalue weighted by Gasteiger charge is 2.16. The number of carboxylic acids is 1. The fraction of sp³-hybridized carbons (Fsp3) is 0.0556. The smallest absolute Gasteiger partial charge is 0.339 e. The van der Waals surface area contributed by atoms with Crippen LogP contribution in [0.2, 0.25) is 0 Å². The van der Waals surface area contributed by atoms with Gasteiger partial charge in [-0.05, 0) is 23.6 Å². The Morgan fingerprint density at radius 2 is 1.65 bits per heavy atom. The molecule has 0 radical (unpaired) electrons. The minimum Gasteiger partial charge on any atom is -0.506 e. The quantitative estimate of drug-likeness (QED) is 0.618. The van der Waals surface area contributed by atoms with Crippen molar-refractivity contribution in [3.63, 3.8) is 0 Å². The number of phenols is 1. The topological polar surface area (TPSA) is 69.6 Å². The molecule has 0 saturated heterocycles. The minimum absolute atomic E-state index is 0.0901. The molecule has 116 valence electrons. The average molecular weight is 325 g/mol. The predicted octanol–water partition coefficient (Wildman–Crippen LogP) is 4.04. The molecule has 0 saturated carbocycles. The zero-order valence-corrected chi connectivity index (χ0v) is 13.0. The lowest BCUT2D eigenvalue weighted by atomic mass is 10.1. The van der Waals surface area contributed by atoms with Gasteiger partial charge in [0.25, 0.3) is 0 Å². The predicted molar refractivity (Wildman–Crippen MR) is 91.7 cm³/mol. The summed E-state index contributed by atoms with van der Waals surface area (Å²) < 4.78 is 3.24. The molecule has 23 heavy (non-hydrogen) atoms. The Morgan fingerprint density at radius 1 is 1.00 bits per heavy atom. The van der Waals surface area contributed by atoms with Gasteiger partial charge in [-0.2, -0.15) is 0 Å².